The van der Waals surface area contributed by atoms with Gasteiger partial charge in [0.1, 0.15) is 11.6 Å². The summed E-state index contributed by atoms with van der Waals surface area (Å²) in [6.07, 6.45) is 3.93. The first-order chi connectivity index (χ1) is 14.5. The van der Waals surface area contributed by atoms with Crippen LogP contribution < -0.4 is 10.1 Å². The van der Waals surface area contributed by atoms with Crippen molar-refractivity contribution in [2.45, 2.75) is 0 Å². The van der Waals surface area contributed by atoms with Crippen molar-refractivity contribution in [3.63, 3.8) is 0 Å². The zero-order valence-corrected chi connectivity index (χ0v) is 17.9. The average Bonchev–Trinajstić information content (AvgIpc) is 3.24. The SMILES string of the molecule is COc1ccc(-c2ocnc2C(=O)Nc2cccc(-c3cncc(F)c3)c2)cc1I. The van der Waals surface area contributed by atoms with Crippen molar-refractivity contribution in [2.75, 3.05) is 12.4 Å². The fourth-order valence-electron chi connectivity index (χ4n) is 2.96. The van der Waals surface area contributed by atoms with Crippen molar-refractivity contribution in [3.05, 3.63) is 82.4 Å². The summed E-state index contributed by atoms with van der Waals surface area (Å²) in [7, 11) is 1.60. The van der Waals surface area contributed by atoms with Gasteiger partial charge in [-0.3, -0.25) is 9.78 Å². The Bertz CT molecular complexity index is 1230. The number of hydrogen-bond acceptors (Lipinski definition) is 5. The molecule has 2 aromatic carbocycles. The van der Waals surface area contributed by atoms with E-state index < -0.39 is 11.7 Å². The first-order valence-electron chi connectivity index (χ1n) is 8.85. The van der Waals surface area contributed by atoms with Crippen molar-refractivity contribution in [2.24, 2.45) is 0 Å². The van der Waals surface area contributed by atoms with Gasteiger partial charge in [0, 0.05) is 23.0 Å². The molecular weight excluding hydrogens is 500 g/mol. The highest BCUT2D eigenvalue weighted by Gasteiger charge is 2.19. The van der Waals surface area contributed by atoms with E-state index in [1.807, 2.05) is 12.1 Å². The Hall–Kier alpha value is -3.27. The van der Waals surface area contributed by atoms with Gasteiger partial charge in [-0.25, -0.2) is 9.37 Å². The van der Waals surface area contributed by atoms with Crippen LogP contribution in [0.5, 0.6) is 5.75 Å². The van der Waals surface area contributed by atoms with Crippen molar-refractivity contribution in [1.29, 1.82) is 0 Å². The molecule has 0 unspecified atom stereocenters. The van der Waals surface area contributed by atoms with E-state index in [0.717, 1.165) is 21.1 Å². The molecule has 0 aliphatic rings. The van der Waals surface area contributed by atoms with E-state index in [0.29, 0.717) is 22.6 Å². The highest BCUT2D eigenvalue weighted by molar-refractivity contribution is 14.1. The third kappa shape index (κ3) is 4.18. The molecule has 0 spiro atoms. The highest BCUT2D eigenvalue weighted by Crippen LogP contribution is 2.30. The molecule has 0 saturated heterocycles. The number of halogens is 2. The van der Waals surface area contributed by atoms with Gasteiger partial charge in [-0.05, 0) is 64.6 Å². The van der Waals surface area contributed by atoms with E-state index in [9.17, 15) is 9.18 Å². The van der Waals surface area contributed by atoms with E-state index in [-0.39, 0.29) is 5.69 Å². The van der Waals surface area contributed by atoms with Crippen LogP contribution in [-0.2, 0) is 0 Å². The van der Waals surface area contributed by atoms with E-state index in [1.165, 1.54) is 12.5 Å². The number of methoxy groups -OCH3 is 1. The molecule has 4 rings (SSSR count). The summed E-state index contributed by atoms with van der Waals surface area (Å²) in [5.41, 5.74) is 2.75. The number of oxazole rings is 1. The third-order valence-electron chi connectivity index (χ3n) is 4.36. The molecule has 0 fully saturated rings. The average molecular weight is 515 g/mol. The first kappa shape index (κ1) is 20.0. The molecule has 4 aromatic rings. The minimum Gasteiger partial charge on any atom is -0.496 e. The maximum absolute atomic E-state index is 13.5. The van der Waals surface area contributed by atoms with E-state index >= 15 is 0 Å². The number of nitrogens with zero attached hydrogens (tertiary/aromatic N) is 2. The second-order valence-electron chi connectivity index (χ2n) is 6.31. The van der Waals surface area contributed by atoms with Crippen LogP contribution in [0.1, 0.15) is 10.5 Å². The predicted octanol–water partition coefficient (Wildman–Crippen LogP) is 5.41. The van der Waals surface area contributed by atoms with Crippen LogP contribution in [0.2, 0.25) is 0 Å². The number of hydrogen-bond donors (Lipinski definition) is 1. The minimum absolute atomic E-state index is 0.161. The molecule has 1 N–H and O–H groups in total. The normalized spacial score (nSPS) is 10.6. The molecule has 8 heteroatoms. The van der Waals surface area contributed by atoms with Crippen molar-refractivity contribution >= 4 is 34.2 Å². The molecule has 6 nitrogen and oxygen atoms in total. The van der Waals surface area contributed by atoms with Crippen LogP contribution in [-0.4, -0.2) is 23.0 Å². The largest absolute Gasteiger partial charge is 0.496 e. The lowest BCUT2D eigenvalue weighted by Gasteiger charge is -2.08. The summed E-state index contributed by atoms with van der Waals surface area (Å²) in [6, 6.07) is 13.9. The maximum atomic E-state index is 13.5. The molecule has 2 aromatic heterocycles. The Morgan fingerprint density at radius 3 is 2.73 bits per heavy atom. The Labute approximate surface area is 185 Å². The fourth-order valence-corrected chi connectivity index (χ4v) is 3.69. The topological polar surface area (TPSA) is 77.2 Å². The van der Waals surface area contributed by atoms with Crippen LogP contribution in [0, 0.1) is 9.39 Å². The number of aromatic nitrogens is 2. The van der Waals surface area contributed by atoms with Crippen molar-refractivity contribution < 1.29 is 18.3 Å². The Morgan fingerprint density at radius 2 is 1.97 bits per heavy atom. The van der Waals surface area contributed by atoms with E-state index in [2.05, 4.69) is 37.9 Å². The molecular formula is C22H15FIN3O3. The second kappa shape index (κ2) is 8.62. The molecule has 0 saturated carbocycles. The van der Waals surface area contributed by atoms with Gasteiger partial charge in [-0.15, -0.1) is 0 Å². The lowest BCUT2D eigenvalue weighted by Crippen LogP contribution is -2.13. The number of carbonyl (C=O) groups excluding carboxylic acids is 1. The van der Waals surface area contributed by atoms with Crippen molar-refractivity contribution in [3.8, 4) is 28.2 Å². The van der Waals surface area contributed by atoms with Crippen molar-refractivity contribution in [1.82, 2.24) is 9.97 Å². The van der Waals surface area contributed by atoms with Crippen LogP contribution >= 0.6 is 22.6 Å². The molecule has 0 aliphatic carbocycles. The standard InChI is InChI=1S/C22H15FIN3O3/c1-29-19-6-5-14(9-18(19)24)21-20(26-12-30-21)22(28)27-17-4-2-3-13(8-17)15-7-16(23)11-25-10-15/h2-12H,1H3,(H,27,28). The molecule has 0 atom stereocenters. The first-order valence-corrected chi connectivity index (χ1v) is 9.93. The number of rotatable bonds is 5. The minimum atomic E-state index is -0.427. The van der Waals surface area contributed by atoms with Crippen LogP contribution in [0.25, 0.3) is 22.5 Å². The van der Waals surface area contributed by atoms with Gasteiger partial charge >= 0.3 is 0 Å². The van der Waals surface area contributed by atoms with Gasteiger partial charge < -0.3 is 14.5 Å². The van der Waals surface area contributed by atoms with Crippen LogP contribution in [0.3, 0.4) is 0 Å². The van der Waals surface area contributed by atoms with Gasteiger partial charge in [-0.1, -0.05) is 12.1 Å². The van der Waals surface area contributed by atoms with Crippen LogP contribution in [0.4, 0.5) is 10.1 Å². The molecule has 0 aliphatic heterocycles. The third-order valence-corrected chi connectivity index (χ3v) is 5.20. The quantitative estimate of drug-likeness (QED) is 0.360. The molecule has 0 bridgehead atoms. The van der Waals surface area contributed by atoms with Crippen LogP contribution in [0.15, 0.2) is 71.7 Å². The maximum Gasteiger partial charge on any atom is 0.278 e. The number of nitrogens with one attached hydrogen (secondary N) is 1. The molecule has 2 heterocycles. The van der Waals surface area contributed by atoms with E-state index in [4.69, 9.17) is 9.15 Å². The number of pyridine rings is 1. The second-order valence-corrected chi connectivity index (χ2v) is 7.47. The molecule has 0 radical (unpaired) electrons. The monoisotopic (exact) mass is 515 g/mol. The zero-order chi connectivity index (χ0) is 21.1. The lowest BCUT2D eigenvalue weighted by molar-refractivity contribution is 0.102. The molecule has 150 valence electrons. The number of benzene rings is 2. The summed E-state index contributed by atoms with van der Waals surface area (Å²) in [5.74, 6) is 0.245. The van der Waals surface area contributed by atoms with Gasteiger partial charge in [0.15, 0.2) is 17.8 Å². The molecule has 30 heavy (non-hydrogen) atoms. The van der Waals surface area contributed by atoms with Gasteiger partial charge in [0.05, 0.1) is 16.9 Å². The fraction of sp³-hybridized carbons (Fsp3) is 0.0455. The smallest absolute Gasteiger partial charge is 0.278 e. The summed E-state index contributed by atoms with van der Waals surface area (Å²) in [5, 5.41) is 2.81. The molecule has 1 amide bonds. The van der Waals surface area contributed by atoms with Gasteiger partial charge in [0.2, 0.25) is 0 Å². The van der Waals surface area contributed by atoms with Gasteiger partial charge in [-0.2, -0.15) is 0 Å². The summed E-state index contributed by atoms with van der Waals surface area (Å²) in [4.78, 5) is 20.8. The Balaban J connectivity index is 1.60. The number of amides is 1. The summed E-state index contributed by atoms with van der Waals surface area (Å²) in [6.45, 7) is 0. The Kier molecular flexibility index (Phi) is 5.75. The highest BCUT2D eigenvalue weighted by atomic mass is 127. The lowest BCUT2D eigenvalue weighted by atomic mass is 10.1. The summed E-state index contributed by atoms with van der Waals surface area (Å²) >= 11 is 2.15. The zero-order valence-electron chi connectivity index (χ0n) is 15.7. The summed E-state index contributed by atoms with van der Waals surface area (Å²) < 4.78 is 25.1. The van der Waals surface area contributed by atoms with E-state index in [1.54, 1.807) is 43.6 Å². The number of carbonyl (C=O) groups is 1. The number of ether oxygens (including phenoxy) is 1. The predicted molar refractivity (Wildman–Crippen MR) is 119 cm³/mol. The van der Waals surface area contributed by atoms with Gasteiger partial charge in [0.25, 0.3) is 5.91 Å². The Morgan fingerprint density at radius 1 is 1.10 bits per heavy atom. The number of anilines is 1.